The number of ether oxygens (including phenoxy) is 1. The van der Waals surface area contributed by atoms with E-state index in [1.165, 1.54) is 23.0 Å². The molecule has 11 heteroatoms. The minimum absolute atomic E-state index is 0.0657. The third-order valence-corrected chi connectivity index (χ3v) is 8.18. The van der Waals surface area contributed by atoms with Crippen LogP contribution in [0.25, 0.3) is 0 Å². The van der Waals surface area contributed by atoms with Crippen molar-refractivity contribution in [2.75, 3.05) is 13.2 Å². The van der Waals surface area contributed by atoms with E-state index < -0.39 is 4.92 Å². The highest BCUT2D eigenvalue weighted by atomic mass is 32.2. The fraction of sp³-hybridized carbons (Fsp3) is 0.214. The van der Waals surface area contributed by atoms with Gasteiger partial charge in [0, 0.05) is 49.2 Å². The number of esters is 1. The van der Waals surface area contributed by atoms with Crippen molar-refractivity contribution in [2.24, 2.45) is 4.99 Å². The third kappa shape index (κ3) is 6.39. The molecule has 0 N–H and O–H groups in total. The fourth-order valence-electron chi connectivity index (χ4n) is 4.34. The van der Waals surface area contributed by atoms with Crippen molar-refractivity contribution in [3.05, 3.63) is 104 Å². The van der Waals surface area contributed by atoms with Crippen LogP contribution in [0.3, 0.4) is 0 Å². The number of aliphatic imine (C=N–C) groups is 1. The smallest absolute Gasteiger partial charge is 0.341 e. The van der Waals surface area contributed by atoms with Crippen molar-refractivity contribution in [1.29, 1.82) is 0 Å². The molecule has 0 spiro atoms. The Labute approximate surface area is 233 Å². The van der Waals surface area contributed by atoms with Crippen molar-refractivity contribution in [3.8, 4) is 0 Å². The Kier molecular flexibility index (Phi) is 8.40. The van der Waals surface area contributed by atoms with Gasteiger partial charge in [-0.25, -0.2) is 19.8 Å². The van der Waals surface area contributed by atoms with Crippen LogP contribution in [-0.4, -0.2) is 45.1 Å². The molecule has 0 atom stereocenters. The van der Waals surface area contributed by atoms with Crippen LogP contribution in [0.4, 0.5) is 10.7 Å². The molecule has 198 valence electrons. The lowest BCUT2D eigenvalue weighted by Crippen LogP contribution is -2.29. The summed E-state index contributed by atoms with van der Waals surface area (Å²) in [6, 6.07) is 16.9. The zero-order chi connectivity index (χ0) is 27.2. The van der Waals surface area contributed by atoms with Gasteiger partial charge in [0.25, 0.3) is 5.69 Å². The minimum Gasteiger partial charge on any atom is -0.462 e. The van der Waals surface area contributed by atoms with Gasteiger partial charge < -0.3 is 4.74 Å². The van der Waals surface area contributed by atoms with Gasteiger partial charge in [-0.2, -0.15) is 0 Å². The predicted octanol–water partition coefficient (Wildman–Crippen LogP) is 6.08. The molecular formula is C28H25N5O4S2. The highest BCUT2D eigenvalue weighted by molar-refractivity contribution is 7.99. The van der Waals surface area contributed by atoms with E-state index in [0.717, 1.165) is 48.3 Å². The molecule has 1 aliphatic heterocycles. The highest BCUT2D eigenvalue weighted by Crippen LogP contribution is 2.40. The second-order valence-electron chi connectivity index (χ2n) is 8.73. The number of rotatable bonds is 9. The number of nitrogens with zero attached hydrogens (tertiary/aromatic N) is 5. The van der Waals surface area contributed by atoms with Crippen LogP contribution < -0.4 is 0 Å². The van der Waals surface area contributed by atoms with E-state index in [0.29, 0.717) is 26.2 Å². The molecule has 9 nitrogen and oxygen atoms in total. The van der Waals surface area contributed by atoms with E-state index in [2.05, 4.69) is 32.0 Å². The Bertz CT molecular complexity index is 1510. The summed E-state index contributed by atoms with van der Waals surface area (Å²) in [7, 11) is 0. The summed E-state index contributed by atoms with van der Waals surface area (Å²) in [5.41, 5.74) is 3.20. The van der Waals surface area contributed by atoms with E-state index in [4.69, 9.17) is 4.74 Å². The van der Waals surface area contributed by atoms with E-state index in [-0.39, 0.29) is 18.3 Å². The average Bonchev–Trinajstić information content (AvgIpc) is 3.31. The largest absolute Gasteiger partial charge is 0.462 e. The highest BCUT2D eigenvalue weighted by Gasteiger charge is 2.28. The van der Waals surface area contributed by atoms with Crippen LogP contribution in [0.5, 0.6) is 0 Å². The van der Waals surface area contributed by atoms with Gasteiger partial charge in [-0.3, -0.25) is 15.0 Å². The summed E-state index contributed by atoms with van der Waals surface area (Å²) >= 11 is 2.59. The molecule has 1 aliphatic rings. The van der Waals surface area contributed by atoms with Crippen molar-refractivity contribution in [2.45, 2.75) is 36.5 Å². The first-order valence-corrected chi connectivity index (χ1v) is 14.0. The maximum Gasteiger partial charge on any atom is 0.341 e. The number of hydrogen-bond acceptors (Lipinski definition) is 10. The van der Waals surface area contributed by atoms with Crippen LogP contribution >= 0.6 is 23.1 Å². The lowest BCUT2D eigenvalue weighted by atomic mass is 10.0. The molecule has 2 aromatic heterocycles. The van der Waals surface area contributed by atoms with E-state index in [9.17, 15) is 14.9 Å². The SMILES string of the molecule is CCOC(=O)c1c(N=Cc2ccc(Sc3ncccn3)c([N+](=O)[O-])c2)sc2c1CCN(Cc1ccccc1)C2. The van der Waals surface area contributed by atoms with E-state index in [1.807, 2.05) is 18.2 Å². The van der Waals surface area contributed by atoms with Crippen molar-refractivity contribution in [3.63, 3.8) is 0 Å². The first-order chi connectivity index (χ1) is 19.0. The number of benzene rings is 2. The summed E-state index contributed by atoms with van der Waals surface area (Å²) in [4.78, 5) is 41.1. The zero-order valence-electron chi connectivity index (χ0n) is 21.1. The van der Waals surface area contributed by atoms with Crippen molar-refractivity contribution >= 4 is 46.0 Å². The van der Waals surface area contributed by atoms with E-state index >= 15 is 0 Å². The Hall–Kier alpha value is -3.93. The topological polar surface area (TPSA) is 111 Å². The fourth-order valence-corrected chi connectivity index (χ4v) is 6.36. The minimum atomic E-state index is -0.433. The average molecular weight is 560 g/mol. The molecule has 3 heterocycles. The van der Waals surface area contributed by atoms with Gasteiger partial charge in [-0.15, -0.1) is 11.3 Å². The molecule has 0 unspecified atom stereocenters. The van der Waals surface area contributed by atoms with Gasteiger partial charge in [0.15, 0.2) is 5.16 Å². The molecule has 0 saturated carbocycles. The van der Waals surface area contributed by atoms with Gasteiger partial charge in [0.2, 0.25) is 0 Å². The molecule has 0 saturated heterocycles. The Morgan fingerprint density at radius 3 is 2.74 bits per heavy atom. The maximum absolute atomic E-state index is 12.9. The number of thiophene rings is 1. The monoisotopic (exact) mass is 559 g/mol. The number of hydrogen-bond donors (Lipinski definition) is 0. The van der Waals surface area contributed by atoms with Crippen LogP contribution in [0, 0.1) is 10.1 Å². The number of aromatic nitrogens is 2. The van der Waals surface area contributed by atoms with Gasteiger partial charge >= 0.3 is 5.97 Å². The lowest BCUT2D eigenvalue weighted by molar-refractivity contribution is -0.387. The normalized spacial score (nSPS) is 13.4. The van der Waals surface area contributed by atoms with Crippen molar-refractivity contribution < 1.29 is 14.5 Å². The number of nitro benzene ring substituents is 1. The summed E-state index contributed by atoms with van der Waals surface area (Å²) in [5.74, 6) is -0.390. The van der Waals surface area contributed by atoms with E-state index in [1.54, 1.807) is 43.7 Å². The first-order valence-electron chi connectivity index (χ1n) is 12.4. The Morgan fingerprint density at radius 1 is 1.21 bits per heavy atom. The molecule has 5 rings (SSSR count). The molecule has 0 bridgehead atoms. The molecule has 4 aromatic rings. The second kappa shape index (κ2) is 12.3. The number of nitro groups is 1. The molecule has 0 amide bonds. The van der Waals surface area contributed by atoms with Gasteiger partial charge in [-0.05, 0) is 53.9 Å². The molecule has 39 heavy (non-hydrogen) atoms. The van der Waals surface area contributed by atoms with Crippen molar-refractivity contribution in [1.82, 2.24) is 14.9 Å². The maximum atomic E-state index is 12.9. The summed E-state index contributed by atoms with van der Waals surface area (Å²) in [6.45, 7) is 4.41. The van der Waals surface area contributed by atoms with Crippen LogP contribution in [0.15, 0.2) is 82.0 Å². The van der Waals surface area contributed by atoms with Crippen LogP contribution in [0.2, 0.25) is 0 Å². The molecule has 0 fully saturated rings. The summed E-state index contributed by atoms with van der Waals surface area (Å²) in [6.07, 6.45) is 5.46. The molecular weight excluding hydrogens is 534 g/mol. The second-order valence-corrected chi connectivity index (χ2v) is 10.8. The van der Waals surface area contributed by atoms with Gasteiger partial charge in [0.05, 0.1) is 22.0 Å². The Balaban J connectivity index is 1.41. The van der Waals surface area contributed by atoms with Gasteiger partial charge in [0.1, 0.15) is 5.00 Å². The lowest BCUT2D eigenvalue weighted by Gasteiger charge is -2.27. The molecule has 0 radical (unpaired) electrons. The quantitative estimate of drug-likeness (QED) is 0.0797. The third-order valence-electron chi connectivity index (χ3n) is 6.10. The van der Waals surface area contributed by atoms with Crippen LogP contribution in [-0.2, 0) is 24.2 Å². The number of carbonyl (C=O) groups excluding carboxylic acids is 1. The zero-order valence-corrected chi connectivity index (χ0v) is 22.8. The van der Waals surface area contributed by atoms with Crippen LogP contribution in [0.1, 0.15) is 38.8 Å². The molecule has 2 aromatic carbocycles. The predicted molar refractivity (Wildman–Crippen MR) is 151 cm³/mol. The summed E-state index contributed by atoms with van der Waals surface area (Å²) < 4.78 is 5.37. The first kappa shape index (κ1) is 26.7. The number of fused-ring (bicyclic) bond motifs is 1. The standard InChI is InChI=1S/C28H25N5O4S2/c1-2-37-27(34)25-21-11-14-32(17-19-7-4-3-5-8-19)18-24(21)38-26(25)31-16-20-9-10-23(22(15-20)33(35)36)39-28-29-12-6-13-30-28/h3-10,12-13,15-16H,2,11,14,17-18H2,1H3. The number of carbonyl (C=O) groups is 1. The van der Waals surface area contributed by atoms with Gasteiger partial charge in [-0.1, -0.05) is 36.4 Å². The summed E-state index contributed by atoms with van der Waals surface area (Å²) in [5, 5.41) is 12.8. The molecule has 0 aliphatic carbocycles. The Morgan fingerprint density at radius 2 is 2.00 bits per heavy atom.